The monoisotopic (exact) mass is 251 g/mol. The third-order valence-corrected chi connectivity index (χ3v) is 2.90. The van der Waals surface area contributed by atoms with Gasteiger partial charge >= 0.3 is 0 Å². The van der Waals surface area contributed by atoms with Gasteiger partial charge < -0.3 is 10.5 Å². The van der Waals surface area contributed by atoms with Crippen molar-refractivity contribution in [2.75, 3.05) is 5.73 Å². The fourth-order valence-electron chi connectivity index (χ4n) is 1.91. The highest BCUT2D eigenvalue weighted by Gasteiger charge is 2.07. The van der Waals surface area contributed by atoms with Gasteiger partial charge in [-0.05, 0) is 36.8 Å². The molecule has 2 aromatic carbocycles. The zero-order valence-electron chi connectivity index (χ0n) is 10.5. The molecule has 19 heavy (non-hydrogen) atoms. The molecule has 0 radical (unpaired) electrons. The number of benzene rings is 2. The summed E-state index contributed by atoms with van der Waals surface area (Å²) in [5.41, 5.74) is 8.41. The van der Waals surface area contributed by atoms with Crippen LogP contribution in [-0.4, -0.2) is 10.2 Å². The molecule has 3 aromatic rings. The van der Waals surface area contributed by atoms with E-state index >= 15 is 0 Å². The molecule has 1 heterocycles. The average molecular weight is 251 g/mol. The molecule has 0 atom stereocenters. The summed E-state index contributed by atoms with van der Waals surface area (Å²) >= 11 is 0. The second kappa shape index (κ2) is 4.57. The van der Waals surface area contributed by atoms with E-state index in [-0.39, 0.29) is 0 Å². The van der Waals surface area contributed by atoms with Crippen molar-refractivity contribution in [2.24, 2.45) is 0 Å². The molecule has 1 aromatic heterocycles. The molecule has 0 saturated carbocycles. The number of rotatable bonds is 2. The molecule has 94 valence electrons. The molecule has 0 unspecified atom stereocenters. The highest BCUT2D eigenvalue weighted by atomic mass is 16.5. The molecule has 0 fully saturated rings. The summed E-state index contributed by atoms with van der Waals surface area (Å²) in [6.45, 7) is 2.00. The van der Waals surface area contributed by atoms with Gasteiger partial charge in [0.1, 0.15) is 0 Å². The standard InChI is InChI=1S/C15H13N3O/c1-10-6-7-12(16)14(8-10)19-15-9-17-18-13-5-3-2-4-11(13)15/h2-9H,16H2,1H3. The van der Waals surface area contributed by atoms with Crippen LogP contribution in [0, 0.1) is 6.92 Å². The summed E-state index contributed by atoms with van der Waals surface area (Å²) in [6, 6.07) is 13.4. The van der Waals surface area contributed by atoms with Crippen LogP contribution in [0.1, 0.15) is 5.56 Å². The Bertz CT molecular complexity index is 735. The van der Waals surface area contributed by atoms with Crippen molar-refractivity contribution in [3.05, 3.63) is 54.2 Å². The van der Waals surface area contributed by atoms with Crippen LogP contribution in [0.4, 0.5) is 5.69 Å². The molecular weight excluding hydrogens is 238 g/mol. The SMILES string of the molecule is Cc1ccc(N)c(Oc2cnnc3ccccc23)c1. The summed E-state index contributed by atoms with van der Waals surface area (Å²) in [5, 5.41) is 8.92. The smallest absolute Gasteiger partial charge is 0.157 e. The van der Waals surface area contributed by atoms with Gasteiger partial charge in [0.25, 0.3) is 0 Å². The first-order valence-corrected chi connectivity index (χ1v) is 5.98. The van der Waals surface area contributed by atoms with E-state index in [1.165, 1.54) is 0 Å². The molecule has 2 N–H and O–H groups in total. The third-order valence-electron chi connectivity index (χ3n) is 2.90. The van der Waals surface area contributed by atoms with Gasteiger partial charge in [0, 0.05) is 5.39 Å². The van der Waals surface area contributed by atoms with Crippen molar-refractivity contribution < 1.29 is 4.74 Å². The number of aromatic nitrogens is 2. The predicted octanol–water partition coefficient (Wildman–Crippen LogP) is 3.31. The molecule has 0 bridgehead atoms. The lowest BCUT2D eigenvalue weighted by Gasteiger charge is -2.10. The molecule has 0 amide bonds. The van der Waals surface area contributed by atoms with Crippen molar-refractivity contribution >= 4 is 16.6 Å². The first-order chi connectivity index (χ1) is 9.24. The lowest BCUT2D eigenvalue weighted by Crippen LogP contribution is -1.94. The zero-order chi connectivity index (χ0) is 13.2. The fourth-order valence-corrected chi connectivity index (χ4v) is 1.91. The number of hydrogen-bond acceptors (Lipinski definition) is 4. The first-order valence-electron chi connectivity index (χ1n) is 5.98. The van der Waals surface area contributed by atoms with Crippen LogP contribution in [0.2, 0.25) is 0 Å². The maximum absolute atomic E-state index is 5.92. The molecule has 0 aliphatic heterocycles. The third kappa shape index (κ3) is 2.20. The number of nitrogen functional groups attached to an aromatic ring is 1. The number of fused-ring (bicyclic) bond motifs is 1. The van der Waals surface area contributed by atoms with Gasteiger partial charge in [-0.15, -0.1) is 0 Å². The lowest BCUT2D eigenvalue weighted by molar-refractivity contribution is 0.487. The fraction of sp³-hybridized carbons (Fsp3) is 0.0667. The topological polar surface area (TPSA) is 61.0 Å². The summed E-state index contributed by atoms with van der Waals surface area (Å²) in [5.74, 6) is 1.29. The van der Waals surface area contributed by atoms with Crippen LogP contribution < -0.4 is 10.5 Å². The number of anilines is 1. The highest BCUT2D eigenvalue weighted by Crippen LogP contribution is 2.31. The number of hydrogen-bond donors (Lipinski definition) is 1. The second-order valence-corrected chi connectivity index (χ2v) is 4.37. The van der Waals surface area contributed by atoms with E-state index in [4.69, 9.17) is 10.5 Å². The van der Waals surface area contributed by atoms with E-state index in [9.17, 15) is 0 Å². The molecule has 0 saturated heterocycles. The maximum atomic E-state index is 5.92. The van der Waals surface area contributed by atoms with Gasteiger partial charge in [0.2, 0.25) is 0 Å². The molecular formula is C15H13N3O. The Balaban J connectivity index is 2.08. The minimum absolute atomic E-state index is 0.603. The number of aryl methyl sites for hydroxylation is 1. The summed E-state index contributed by atoms with van der Waals surface area (Å²) in [7, 11) is 0. The Morgan fingerprint density at radius 1 is 1.05 bits per heavy atom. The quantitative estimate of drug-likeness (QED) is 0.710. The molecule has 4 nitrogen and oxygen atoms in total. The first kappa shape index (κ1) is 11.5. The van der Waals surface area contributed by atoms with Crippen LogP contribution >= 0.6 is 0 Å². The molecule has 3 rings (SSSR count). The summed E-state index contributed by atoms with van der Waals surface area (Å²) < 4.78 is 5.88. The van der Waals surface area contributed by atoms with Gasteiger partial charge in [0.15, 0.2) is 11.5 Å². The Kier molecular flexibility index (Phi) is 2.76. The minimum atomic E-state index is 0.603. The van der Waals surface area contributed by atoms with Crippen molar-refractivity contribution in [3.63, 3.8) is 0 Å². The van der Waals surface area contributed by atoms with Crippen molar-refractivity contribution in [1.29, 1.82) is 0 Å². The Morgan fingerprint density at radius 3 is 2.79 bits per heavy atom. The van der Waals surface area contributed by atoms with Crippen LogP contribution in [0.15, 0.2) is 48.7 Å². The van der Waals surface area contributed by atoms with Crippen LogP contribution in [-0.2, 0) is 0 Å². The average Bonchev–Trinajstić information content (AvgIpc) is 2.43. The van der Waals surface area contributed by atoms with E-state index in [1.807, 2.05) is 49.4 Å². The van der Waals surface area contributed by atoms with E-state index in [1.54, 1.807) is 6.20 Å². The van der Waals surface area contributed by atoms with Crippen LogP contribution in [0.25, 0.3) is 10.9 Å². The second-order valence-electron chi connectivity index (χ2n) is 4.37. The number of nitrogens with zero attached hydrogens (tertiary/aromatic N) is 2. The van der Waals surface area contributed by atoms with Crippen LogP contribution in [0.5, 0.6) is 11.5 Å². The maximum Gasteiger partial charge on any atom is 0.157 e. The molecule has 0 aliphatic carbocycles. The normalized spacial score (nSPS) is 10.6. The van der Waals surface area contributed by atoms with E-state index < -0.39 is 0 Å². The van der Waals surface area contributed by atoms with E-state index in [2.05, 4.69) is 10.2 Å². The Labute approximate surface area is 110 Å². The molecule has 0 aliphatic rings. The molecule has 0 spiro atoms. The van der Waals surface area contributed by atoms with Gasteiger partial charge in [-0.3, -0.25) is 0 Å². The van der Waals surface area contributed by atoms with E-state index in [0.717, 1.165) is 16.5 Å². The molecule has 4 heteroatoms. The van der Waals surface area contributed by atoms with Gasteiger partial charge in [-0.2, -0.15) is 10.2 Å². The van der Waals surface area contributed by atoms with Gasteiger partial charge in [-0.1, -0.05) is 18.2 Å². The predicted molar refractivity (Wildman–Crippen MR) is 75.2 cm³/mol. The van der Waals surface area contributed by atoms with Crippen LogP contribution in [0.3, 0.4) is 0 Å². The number of ether oxygens (including phenoxy) is 1. The van der Waals surface area contributed by atoms with Gasteiger partial charge in [-0.25, -0.2) is 0 Å². The highest BCUT2D eigenvalue weighted by molar-refractivity contribution is 5.84. The van der Waals surface area contributed by atoms with Crippen molar-refractivity contribution in [2.45, 2.75) is 6.92 Å². The summed E-state index contributed by atoms with van der Waals surface area (Å²) in [4.78, 5) is 0. The number of nitrogens with two attached hydrogens (primary N) is 1. The Morgan fingerprint density at radius 2 is 1.89 bits per heavy atom. The minimum Gasteiger partial charge on any atom is -0.453 e. The largest absolute Gasteiger partial charge is 0.453 e. The lowest BCUT2D eigenvalue weighted by atomic mass is 10.2. The summed E-state index contributed by atoms with van der Waals surface area (Å²) in [6.07, 6.45) is 1.60. The van der Waals surface area contributed by atoms with Crippen molar-refractivity contribution in [3.8, 4) is 11.5 Å². The zero-order valence-corrected chi connectivity index (χ0v) is 10.5. The van der Waals surface area contributed by atoms with E-state index in [0.29, 0.717) is 17.2 Å². The van der Waals surface area contributed by atoms with Gasteiger partial charge in [0.05, 0.1) is 17.4 Å². The Hall–Kier alpha value is -2.62. The van der Waals surface area contributed by atoms with Crippen molar-refractivity contribution in [1.82, 2.24) is 10.2 Å².